The van der Waals surface area contributed by atoms with Gasteiger partial charge >= 0.3 is 5.69 Å². The van der Waals surface area contributed by atoms with Crippen LogP contribution < -0.4 is 11.2 Å². The Balaban J connectivity index is 2.74. The Bertz CT molecular complexity index is 770. The second-order valence-electron chi connectivity index (χ2n) is 4.58. The Morgan fingerprint density at radius 3 is 2.67 bits per heavy atom. The number of aromatic nitrogens is 2. The molecule has 1 N–H and O–H groups in total. The van der Waals surface area contributed by atoms with Gasteiger partial charge in [0.15, 0.2) is 0 Å². The molecule has 1 unspecified atom stereocenters. The zero-order chi connectivity index (χ0) is 15.6. The van der Waals surface area contributed by atoms with Crippen LogP contribution in [0.25, 0.3) is 11.1 Å². The van der Waals surface area contributed by atoms with Crippen LogP contribution in [-0.2, 0) is 4.74 Å². The van der Waals surface area contributed by atoms with Crippen molar-refractivity contribution < 1.29 is 9.13 Å². The van der Waals surface area contributed by atoms with Crippen molar-refractivity contribution in [1.82, 2.24) is 9.55 Å². The zero-order valence-corrected chi connectivity index (χ0v) is 12.3. The number of methoxy groups -OCH3 is 1. The van der Waals surface area contributed by atoms with E-state index < -0.39 is 23.1 Å². The highest BCUT2D eigenvalue weighted by Gasteiger charge is 2.20. The van der Waals surface area contributed by atoms with Crippen LogP contribution in [0.4, 0.5) is 4.39 Å². The summed E-state index contributed by atoms with van der Waals surface area (Å²) in [7, 11) is 1.46. The summed E-state index contributed by atoms with van der Waals surface area (Å²) in [5.74, 6) is -0.588. The number of halogens is 2. The molecule has 0 fully saturated rings. The summed E-state index contributed by atoms with van der Waals surface area (Å²) in [6.07, 6.45) is 0. The van der Waals surface area contributed by atoms with Gasteiger partial charge < -0.3 is 4.74 Å². The van der Waals surface area contributed by atoms with Crippen LogP contribution in [-0.4, -0.2) is 23.3 Å². The minimum Gasteiger partial charge on any atom is -0.383 e. The Hall–Kier alpha value is -1.92. The minimum atomic E-state index is -0.658. The first-order chi connectivity index (χ1) is 9.97. The van der Waals surface area contributed by atoms with Gasteiger partial charge in [-0.05, 0) is 13.0 Å². The molecule has 2 aromatic rings. The summed E-state index contributed by atoms with van der Waals surface area (Å²) in [6.45, 7) is 1.82. The van der Waals surface area contributed by atoms with E-state index in [9.17, 15) is 14.0 Å². The van der Waals surface area contributed by atoms with Crippen molar-refractivity contribution in [3.8, 4) is 11.1 Å². The van der Waals surface area contributed by atoms with Crippen LogP contribution in [0.1, 0.15) is 13.0 Å². The number of nitrogens with one attached hydrogen (secondary N) is 1. The van der Waals surface area contributed by atoms with E-state index in [2.05, 4.69) is 4.98 Å². The number of ether oxygens (including phenoxy) is 1. The molecule has 5 nitrogen and oxygen atoms in total. The topological polar surface area (TPSA) is 64.1 Å². The van der Waals surface area contributed by atoms with Crippen molar-refractivity contribution in [2.24, 2.45) is 0 Å². The Labute approximate surface area is 125 Å². The Morgan fingerprint density at radius 1 is 1.38 bits per heavy atom. The van der Waals surface area contributed by atoms with Crippen LogP contribution in [0.3, 0.4) is 0 Å². The molecule has 0 aliphatic rings. The van der Waals surface area contributed by atoms with E-state index in [1.807, 2.05) is 0 Å². The Morgan fingerprint density at radius 2 is 2.05 bits per heavy atom. The molecule has 1 aromatic heterocycles. The predicted octanol–water partition coefficient (Wildman–Crippen LogP) is 2.20. The molecule has 0 aliphatic heterocycles. The average molecular weight is 313 g/mol. The minimum absolute atomic E-state index is 0.0436. The van der Waals surface area contributed by atoms with Crippen LogP contribution >= 0.6 is 11.6 Å². The smallest absolute Gasteiger partial charge is 0.329 e. The highest BCUT2D eigenvalue weighted by Crippen LogP contribution is 2.24. The molecule has 0 radical (unpaired) electrons. The fourth-order valence-electron chi connectivity index (χ4n) is 2.14. The zero-order valence-electron chi connectivity index (χ0n) is 11.5. The molecule has 1 aromatic carbocycles. The molecular weight excluding hydrogens is 299 g/mol. The molecule has 0 amide bonds. The van der Waals surface area contributed by atoms with Crippen molar-refractivity contribution in [1.29, 1.82) is 0 Å². The van der Waals surface area contributed by atoms with Crippen LogP contribution in [0.15, 0.2) is 33.9 Å². The summed E-state index contributed by atoms with van der Waals surface area (Å²) in [6, 6.07) is 5.24. The quantitative estimate of drug-likeness (QED) is 0.880. The molecule has 0 saturated carbocycles. The molecule has 1 atom stereocenters. The largest absolute Gasteiger partial charge is 0.383 e. The van der Waals surface area contributed by atoms with E-state index >= 15 is 0 Å². The van der Waals surface area contributed by atoms with Gasteiger partial charge in [-0.15, -0.1) is 0 Å². The summed E-state index contributed by atoms with van der Waals surface area (Å²) in [4.78, 5) is 26.8. The predicted molar refractivity (Wildman–Crippen MR) is 78.3 cm³/mol. The molecular formula is C14H14ClFN2O3. The lowest BCUT2D eigenvalue weighted by Gasteiger charge is -2.15. The van der Waals surface area contributed by atoms with Crippen molar-refractivity contribution in [3.05, 3.63) is 56.1 Å². The van der Waals surface area contributed by atoms with Gasteiger partial charge in [0.1, 0.15) is 11.0 Å². The molecule has 2 rings (SSSR count). The number of nitrogens with zero attached hydrogens (tertiary/aromatic N) is 1. The van der Waals surface area contributed by atoms with Crippen molar-refractivity contribution >= 4 is 11.6 Å². The lowest BCUT2D eigenvalue weighted by Crippen LogP contribution is -2.39. The van der Waals surface area contributed by atoms with Crippen LogP contribution in [0.5, 0.6) is 0 Å². The van der Waals surface area contributed by atoms with Gasteiger partial charge in [-0.3, -0.25) is 14.3 Å². The number of hydrogen-bond acceptors (Lipinski definition) is 3. The average Bonchev–Trinajstić information content (AvgIpc) is 2.40. The lowest BCUT2D eigenvalue weighted by molar-refractivity contribution is 0.159. The van der Waals surface area contributed by atoms with Crippen LogP contribution in [0.2, 0.25) is 5.15 Å². The lowest BCUT2D eigenvalue weighted by atomic mass is 10.1. The maximum atomic E-state index is 13.9. The third-order valence-electron chi connectivity index (χ3n) is 3.08. The van der Waals surface area contributed by atoms with E-state index in [1.54, 1.807) is 13.0 Å². The maximum absolute atomic E-state index is 13.9. The van der Waals surface area contributed by atoms with Gasteiger partial charge in [-0.1, -0.05) is 29.8 Å². The van der Waals surface area contributed by atoms with Gasteiger partial charge in [0.2, 0.25) is 0 Å². The second-order valence-corrected chi connectivity index (χ2v) is 4.96. The molecule has 1 heterocycles. The second kappa shape index (κ2) is 6.24. The normalized spacial score (nSPS) is 12.4. The number of rotatable bonds is 4. The van der Waals surface area contributed by atoms with E-state index in [4.69, 9.17) is 16.3 Å². The summed E-state index contributed by atoms with van der Waals surface area (Å²) >= 11 is 5.93. The maximum Gasteiger partial charge on any atom is 0.329 e. The van der Waals surface area contributed by atoms with Crippen molar-refractivity contribution in [2.75, 3.05) is 13.7 Å². The SMILES string of the molecule is COCC(C)n1c(=O)[nH]c(Cl)c(-c2ccccc2F)c1=O. The van der Waals surface area contributed by atoms with Crippen molar-refractivity contribution in [2.45, 2.75) is 13.0 Å². The first kappa shape index (κ1) is 15.5. The van der Waals surface area contributed by atoms with Crippen molar-refractivity contribution in [3.63, 3.8) is 0 Å². The van der Waals surface area contributed by atoms with Gasteiger partial charge in [0.25, 0.3) is 5.56 Å². The van der Waals surface area contributed by atoms with Crippen LogP contribution in [0, 0.1) is 5.82 Å². The van der Waals surface area contributed by atoms with Gasteiger partial charge in [-0.25, -0.2) is 9.18 Å². The highest BCUT2D eigenvalue weighted by atomic mass is 35.5. The third-order valence-corrected chi connectivity index (χ3v) is 3.36. The number of hydrogen-bond donors (Lipinski definition) is 1. The van der Waals surface area contributed by atoms with E-state index in [0.717, 1.165) is 4.57 Å². The van der Waals surface area contributed by atoms with E-state index in [-0.39, 0.29) is 22.9 Å². The third kappa shape index (κ3) is 2.91. The monoisotopic (exact) mass is 312 g/mol. The van der Waals surface area contributed by atoms with Gasteiger partial charge in [-0.2, -0.15) is 0 Å². The molecule has 21 heavy (non-hydrogen) atoms. The first-order valence-electron chi connectivity index (χ1n) is 6.25. The summed E-state index contributed by atoms with van der Waals surface area (Å²) in [5, 5.41) is -0.184. The molecule has 0 bridgehead atoms. The fraction of sp³-hybridized carbons (Fsp3) is 0.286. The number of benzene rings is 1. The van der Waals surface area contributed by atoms with Gasteiger partial charge in [0, 0.05) is 12.7 Å². The summed E-state index contributed by atoms with van der Waals surface area (Å²) in [5.41, 5.74) is -1.34. The summed E-state index contributed by atoms with van der Waals surface area (Å²) < 4.78 is 19.8. The first-order valence-corrected chi connectivity index (χ1v) is 6.63. The molecule has 0 aliphatic carbocycles. The Kier molecular flexibility index (Phi) is 4.59. The molecule has 112 valence electrons. The van der Waals surface area contributed by atoms with Gasteiger partial charge in [0.05, 0.1) is 18.2 Å². The molecule has 0 spiro atoms. The highest BCUT2D eigenvalue weighted by molar-refractivity contribution is 6.32. The van der Waals surface area contributed by atoms with E-state index in [1.165, 1.54) is 25.3 Å². The fourth-order valence-corrected chi connectivity index (χ4v) is 2.40. The van der Waals surface area contributed by atoms with E-state index in [0.29, 0.717) is 0 Å². The standard InChI is InChI=1S/C14H14ClFN2O3/c1-8(7-21-2)18-13(19)11(12(15)17-14(18)20)9-5-3-4-6-10(9)16/h3-6,8H,7H2,1-2H3,(H,17,20). The number of aromatic amines is 1. The number of H-pyrrole nitrogens is 1. The molecule has 7 heteroatoms. The molecule has 0 saturated heterocycles.